The fraction of sp³-hybridized carbons (Fsp3) is 0.389. The van der Waals surface area contributed by atoms with Gasteiger partial charge in [-0.25, -0.2) is 4.79 Å². The molecule has 0 unspecified atom stereocenters. The molecule has 0 radical (unpaired) electrons. The summed E-state index contributed by atoms with van der Waals surface area (Å²) in [5, 5.41) is 20.7. The molecule has 0 aliphatic heterocycles. The fourth-order valence-electron chi connectivity index (χ4n) is 2.64. The summed E-state index contributed by atoms with van der Waals surface area (Å²) in [6.45, 7) is 4.50. The lowest BCUT2D eigenvalue weighted by Crippen LogP contribution is -2.30. The Labute approximate surface area is 162 Å². The zero-order valence-corrected chi connectivity index (χ0v) is 16.0. The predicted octanol–water partition coefficient (Wildman–Crippen LogP) is 1.81. The Morgan fingerprint density at radius 2 is 2.04 bits per heavy atom. The lowest BCUT2D eigenvalue weighted by molar-refractivity contribution is -0.384. The third kappa shape index (κ3) is 5.53. The summed E-state index contributed by atoms with van der Waals surface area (Å²) in [7, 11) is 1.54. The van der Waals surface area contributed by atoms with Gasteiger partial charge in [0.15, 0.2) is 6.61 Å². The quantitative estimate of drug-likeness (QED) is 0.290. The van der Waals surface area contributed by atoms with Crippen molar-refractivity contribution in [3.05, 3.63) is 51.3 Å². The summed E-state index contributed by atoms with van der Waals surface area (Å²) in [4.78, 5) is 34.3. The van der Waals surface area contributed by atoms with E-state index in [4.69, 9.17) is 4.74 Å². The average Bonchev–Trinajstić information content (AvgIpc) is 2.99. The first-order valence-corrected chi connectivity index (χ1v) is 8.73. The van der Waals surface area contributed by atoms with Gasteiger partial charge in [-0.1, -0.05) is 0 Å². The van der Waals surface area contributed by atoms with Crippen molar-refractivity contribution in [1.82, 2.24) is 15.1 Å². The van der Waals surface area contributed by atoms with Crippen LogP contribution in [0.4, 0.5) is 11.4 Å². The van der Waals surface area contributed by atoms with Crippen LogP contribution in [0.1, 0.15) is 28.2 Å². The summed E-state index contributed by atoms with van der Waals surface area (Å²) >= 11 is 0. The van der Waals surface area contributed by atoms with Crippen LogP contribution in [0.15, 0.2) is 24.3 Å². The molecule has 1 amide bonds. The molecule has 28 heavy (non-hydrogen) atoms. The maximum absolute atomic E-state index is 12.0. The first-order chi connectivity index (χ1) is 13.3. The number of hydrogen-bond acceptors (Lipinski definition) is 7. The molecule has 10 nitrogen and oxygen atoms in total. The number of nitrogens with one attached hydrogen (secondary N) is 2. The maximum Gasteiger partial charge on any atom is 0.338 e. The second-order valence-corrected chi connectivity index (χ2v) is 6.17. The number of benzene rings is 1. The van der Waals surface area contributed by atoms with E-state index >= 15 is 0 Å². The van der Waals surface area contributed by atoms with Crippen molar-refractivity contribution < 1.29 is 19.2 Å². The first kappa shape index (κ1) is 20.9. The minimum atomic E-state index is -0.802. The monoisotopic (exact) mass is 389 g/mol. The van der Waals surface area contributed by atoms with Gasteiger partial charge in [-0.3, -0.25) is 19.6 Å². The van der Waals surface area contributed by atoms with E-state index in [-0.39, 0.29) is 16.9 Å². The number of anilines is 1. The molecule has 0 aliphatic carbocycles. The lowest BCUT2D eigenvalue weighted by Gasteiger charge is -2.08. The van der Waals surface area contributed by atoms with E-state index in [0.717, 1.165) is 17.5 Å². The van der Waals surface area contributed by atoms with E-state index in [1.165, 1.54) is 12.1 Å². The Kier molecular flexibility index (Phi) is 7.08. The van der Waals surface area contributed by atoms with Gasteiger partial charge in [-0.15, -0.1) is 0 Å². The molecule has 0 saturated heterocycles. The van der Waals surface area contributed by atoms with Crippen LogP contribution in [0.3, 0.4) is 0 Å². The summed E-state index contributed by atoms with van der Waals surface area (Å²) in [5.74, 6) is -1.24. The van der Waals surface area contributed by atoms with E-state index in [1.807, 2.05) is 24.6 Å². The molecule has 2 rings (SSSR count). The Morgan fingerprint density at radius 3 is 2.64 bits per heavy atom. The number of nitro groups is 1. The van der Waals surface area contributed by atoms with E-state index in [2.05, 4.69) is 15.7 Å². The predicted molar refractivity (Wildman–Crippen MR) is 102 cm³/mol. The number of ether oxygens (including phenoxy) is 1. The number of nitro benzene ring substituents is 1. The van der Waals surface area contributed by atoms with Gasteiger partial charge in [-0.05, 0) is 38.5 Å². The zero-order valence-electron chi connectivity index (χ0n) is 16.0. The topological polar surface area (TPSA) is 128 Å². The van der Waals surface area contributed by atoms with Gasteiger partial charge in [0, 0.05) is 31.9 Å². The minimum absolute atomic E-state index is 0.00280. The van der Waals surface area contributed by atoms with Crippen LogP contribution in [0, 0.1) is 24.0 Å². The molecule has 0 saturated carbocycles. The van der Waals surface area contributed by atoms with Crippen LogP contribution in [0.2, 0.25) is 0 Å². The Hall–Kier alpha value is -3.43. The molecule has 1 aromatic heterocycles. The third-order valence-electron chi connectivity index (χ3n) is 4.01. The van der Waals surface area contributed by atoms with Gasteiger partial charge in [-0.2, -0.15) is 5.10 Å². The van der Waals surface area contributed by atoms with Crippen LogP contribution in [-0.2, 0) is 16.1 Å². The molecule has 0 atom stereocenters. The fourth-order valence-corrected chi connectivity index (χ4v) is 2.64. The number of rotatable bonds is 9. The molecular weight excluding hydrogens is 366 g/mol. The Bertz CT molecular complexity index is 877. The smallest absolute Gasteiger partial charge is 0.338 e. The van der Waals surface area contributed by atoms with Crippen LogP contribution >= 0.6 is 0 Å². The van der Waals surface area contributed by atoms with Gasteiger partial charge < -0.3 is 15.4 Å². The van der Waals surface area contributed by atoms with Crippen molar-refractivity contribution in [3.63, 3.8) is 0 Å². The number of aromatic nitrogens is 2. The highest BCUT2D eigenvalue weighted by atomic mass is 16.6. The number of amides is 1. The molecule has 2 aromatic rings. The lowest BCUT2D eigenvalue weighted by atomic mass is 10.1. The van der Waals surface area contributed by atoms with Gasteiger partial charge in [0.05, 0.1) is 16.2 Å². The molecule has 0 aliphatic rings. The molecule has 10 heteroatoms. The first-order valence-electron chi connectivity index (χ1n) is 8.73. The molecule has 150 valence electrons. The summed E-state index contributed by atoms with van der Waals surface area (Å²) < 4.78 is 6.79. The molecule has 0 spiro atoms. The summed E-state index contributed by atoms with van der Waals surface area (Å²) in [6, 6.07) is 5.90. The number of esters is 1. The normalized spacial score (nSPS) is 10.4. The van der Waals surface area contributed by atoms with E-state index in [1.54, 1.807) is 7.05 Å². The number of aryl methyl sites for hydroxylation is 3. The van der Waals surface area contributed by atoms with Crippen molar-refractivity contribution in [2.75, 3.05) is 25.5 Å². The Balaban J connectivity index is 1.77. The summed E-state index contributed by atoms with van der Waals surface area (Å²) in [6.07, 6.45) is 0.680. The summed E-state index contributed by atoms with van der Waals surface area (Å²) in [5.41, 5.74) is 2.03. The largest absolute Gasteiger partial charge is 0.452 e. The number of carbonyl (C=O) groups is 2. The maximum atomic E-state index is 12.0. The highest BCUT2D eigenvalue weighted by molar-refractivity contribution is 5.93. The second kappa shape index (κ2) is 9.49. The van der Waals surface area contributed by atoms with Gasteiger partial charge in [0.25, 0.3) is 11.6 Å². The van der Waals surface area contributed by atoms with Crippen molar-refractivity contribution in [2.45, 2.75) is 26.8 Å². The zero-order chi connectivity index (χ0) is 20.7. The molecule has 1 aromatic carbocycles. The van der Waals surface area contributed by atoms with E-state index in [9.17, 15) is 19.7 Å². The standard InChI is InChI=1S/C18H23N5O5/c1-12-9-13(2)22(21-12)8-4-7-20-17(24)11-28-18(25)14-5-6-15(19-3)16(10-14)23(26)27/h5-6,9-10,19H,4,7-8,11H2,1-3H3,(H,20,24). The minimum Gasteiger partial charge on any atom is -0.452 e. The van der Waals surface area contributed by atoms with Crippen molar-refractivity contribution in [1.29, 1.82) is 0 Å². The second-order valence-electron chi connectivity index (χ2n) is 6.17. The van der Waals surface area contributed by atoms with Crippen molar-refractivity contribution in [2.24, 2.45) is 0 Å². The van der Waals surface area contributed by atoms with E-state index in [0.29, 0.717) is 19.5 Å². The van der Waals surface area contributed by atoms with Gasteiger partial charge in [0.1, 0.15) is 5.69 Å². The SMILES string of the molecule is CNc1ccc(C(=O)OCC(=O)NCCCn2nc(C)cc2C)cc1[N+](=O)[O-]. The van der Waals surface area contributed by atoms with Gasteiger partial charge >= 0.3 is 5.97 Å². The molecule has 0 bridgehead atoms. The van der Waals surface area contributed by atoms with Crippen molar-refractivity contribution in [3.8, 4) is 0 Å². The number of nitrogens with zero attached hydrogens (tertiary/aromatic N) is 3. The van der Waals surface area contributed by atoms with Gasteiger partial charge in [0.2, 0.25) is 0 Å². The average molecular weight is 389 g/mol. The van der Waals surface area contributed by atoms with Crippen LogP contribution in [0.5, 0.6) is 0 Å². The van der Waals surface area contributed by atoms with Crippen LogP contribution in [0.25, 0.3) is 0 Å². The highest BCUT2D eigenvalue weighted by Crippen LogP contribution is 2.25. The third-order valence-corrected chi connectivity index (χ3v) is 4.01. The molecule has 2 N–H and O–H groups in total. The van der Waals surface area contributed by atoms with E-state index < -0.39 is 23.4 Å². The molecule has 0 fully saturated rings. The highest BCUT2D eigenvalue weighted by Gasteiger charge is 2.18. The van der Waals surface area contributed by atoms with Crippen LogP contribution in [-0.4, -0.2) is 46.8 Å². The molecule has 1 heterocycles. The Morgan fingerprint density at radius 1 is 1.29 bits per heavy atom. The number of hydrogen-bond donors (Lipinski definition) is 2. The molecular formula is C18H23N5O5. The van der Waals surface area contributed by atoms with Crippen molar-refractivity contribution >= 4 is 23.3 Å². The van der Waals surface area contributed by atoms with Crippen LogP contribution < -0.4 is 10.6 Å². The number of carbonyl (C=O) groups excluding carboxylic acids is 2.